The first-order valence-electron chi connectivity index (χ1n) is 7.38. The minimum absolute atomic E-state index is 0.156. The Labute approximate surface area is 120 Å². The average molecular weight is 281 g/mol. The van der Waals surface area contributed by atoms with E-state index >= 15 is 0 Å². The minimum atomic E-state index is -0.275. The lowest BCUT2D eigenvalue weighted by Gasteiger charge is -2.22. The molecule has 0 radical (unpaired) electrons. The molecule has 2 atom stereocenters. The molecular formula is C16H24FNO2. The summed E-state index contributed by atoms with van der Waals surface area (Å²) in [5.41, 5.74) is 0.610. The van der Waals surface area contributed by atoms with Crippen LogP contribution in [0, 0.1) is 5.82 Å². The molecule has 4 heteroatoms. The van der Waals surface area contributed by atoms with Gasteiger partial charge in [-0.15, -0.1) is 0 Å². The molecule has 0 saturated carbocycles. The predicted octanol–water partition coefficient (Wildman–Crippen LogP) is 3.06. The molecule has 0 spiro atoms. The highest BCUT2D eigenvalue weighted by molar-refractivity contribution is 5.20. The number of rotatable bonds is 7. The molecule has 2 rings (SSSR count). The fourth-order valence-corrected chi connectivity index (χ4v) is 2.34. The van der Waals surface area contributed by atoms with Gasteiger partial charge in [0.15, 0.2) is 0 Å². The maximum atomic E-state index is 13.9. The average Bonchev–Trinajstić information content (AvgIpc) is 2.93. The number of benzene rings is 1. The lowest BCUT2D eigenvalue weighted by Crippen LogP contribution is -2.31. The molecule has 1 N–H and O–H groups in total. The van der Waals surface area contributed by atoms with Crippen molar-refractivity contribution in [3.8, 4) is 0 Å². The van der Waals surface area contributed by atoms with Gasteiger partial charge >= 0.3 is 0 Å². The lowest BCUT2D eigenvalue weighted by atomic mass is 10.1. The standard InChI is InChI=1S/C16H24FNO2/c1-12(2)18-10-16(14-7-3-4-8-15(14)17)20-11-13-6-5-9-19-13/h3-4,7-8,12-13,16,18H,5-6,9-11H2,1-2H3. The number of nitrogens with one attached hydrogen (secondary N) is 1. The Morgan fingerprint density at radius 1 is 1.40 bits per heavy atom. The van der Waals surface area contributed by atoms with E-state index in [9.17, 15) is 4.39 Å². The number of halogens is 1. The van der Waals surface area contributed by atoms with Crippen LogP contribution in [0.2, 0.25) is 0 Å². The van der Waals surface area contributed by atoms with E-state index in [2.05, 4.69) is 19.2 Å². The first-order chi connectivity index (χ1) is 9.66. The van der Waals surface area contributed by atoms with Crippen LogP contribution in [0.25, 0.3) is 0 Å². The van der Waals surface area contributed by atoms with Crippen LogP contribution in [0.3, 0.4) is 0 Å². The van der Waals surface area contributed by atoms with Crippen molar-refractivity contribution < 1.29 is 13.9 Å². The summed E-state index contributed by atoms with van der Waals surface area (Å²) in [5, 5.41) is 3.31. The zero-order chi connectivity index (χ0) is 14.4. The smallest absolute Gasteiger partial charge is 0.129 e. The summed E-state index contributed by atoms with van der Waals surface area (Å²) in [4.78, 5) is 0. The summed E-state index contributed by atoms with van der Waals surface area (Å²) in [5.74, 6) is -0.213. The summed E-state index contributed by atoms with van der Waals surface area (Å²) in [6.45, 7) is 6.07. The van der Waals surface area contributed by atoms with Crippen molar-refractivity contribution in [1.82, 2.24) is 5.32 Å². The van der Waals surface area contributed by atoms with Crippen molar-refractivity contribution in [2.24, 2.45) is 0 Å². The van der Waals surface area contributed by atoms with Gasteiger partial charge in [0.2, 0.25) is 0 Å². The highest BCUT2D eigenvalue weighted by Crippen LogP contribution is 2.22. The maximum Gasteiger partial charge on any atom is 0.129 e. The largest absolute Gasteiger partial charge is 0.376 e. The van der Waals surface area contributed by atoms with Gasteiger partial charge in [0, 0.05) is 24.8 Å². The van der Waals surface area contributed by atoms with E-state index in [0.717, 1.165) is 19.4 Å². The Balaban J connectivity index is 1.97. The molecule has 0 bridgehead atoms. The van der Waals surface area contributed by atoms with Crippen molar-refractivity contribution >= 4 is 0 Å². The topological polar surface area (TPSA) is 30.5 Å². The van der Waals surface area contributed by atoms with Gasteiger partial charge in [-0.3, -0.25) is 0 Å². The van der Waals surface area contributed by atoms with E-state index in [1.54, 1.807) is 12.1 Å². The van der Waals surface area contributed by atoms with E-state index in [1.807, 2.05) is 6.07 Å². The third-order valence-electron chi connectivity index (χ3n) is 3.47. The monoisotopic (exact) mass is 281 g/mol. The molecule has 1 aromatic rings. The summed E-state index contributed by atoms with van der Waals surface area (Å²) < 4.78 is 25.4. The fourth-order valence-electron chi connectivity index (χ4n) is 2.34. The summed E-state index contributed by atoms with van der Waals surface area (Å²) in [6, 6.07) is 7.16. The van der Waals surface area contributed by atoms with Crippen LogP contribution < -0.4 is 5.32 Å². The van der Waals surface area contributed by atoms with Crippen molar-refractivity contribution in [3.05, 3.63) is 35.6 Å². The molecular weight excluding hydrogens is 257 g/mol. The van der Waals surface area contributed by atoms with Crippen LogP contribution in [0.5, 0.6) is 0 Å². The number of hydrogen-bond acceptors (Lipinski definition) is 3. The van der Waals surface area contributed by atoms with Crippen molar-refractivity contribution in [1.29, 1.82) is 0 Å². The first kappa shape index (κ1) is 15.4. The normalized spacial score (nSPS) is 20.5. The summed E-state index contributed by atoms with van der Waals surface area (Å²) in [7, 11) is 0. The zero-order valence-electron chi connectivity index (χ0n) is 12.3. The Morgan fingerprint density at radius 3 is 2.85 bits per heavy atom. The van der Waals surface area contributed by atoms with Gasteiger partial charge < -0.3 is 14.8 Å². The van der Waals surface area contributed by atoms with Crippen LogP contribution in [-0.4, -0.2) is 31.9 Å². The third-order valence-corrected chi connectivity index (χ3v) is 3.47. The molecule has 1 saturated heterocycles. The van der Waals surface area contributed by atoms with Crippen LogP contribution in [0.1, 0.15) is 38.4 Å². The first-order valence-corrected chi connectivity index (χ1v) is 7.38. The Morgan fingerprint density at radius 2 is 2.20 bits per heavy atom. The summed E-state index contributed by atoms with van der Waals surface area (Å²) in [6.07, 6.45) is 2.00. The van der Waals surface area contributed by atoms with Gasteiger partial charge in [0.05, 0.1) is 18.8 Å². The second kappa shape index (κ2) is 7.72. The molecule has 0 amide bonds. The molecule has 1 aliphatic rings. The molecule has 1 aliphatic heterocycles. The van der Waals surface area contributed by atoms with E-state index in [4.69, 9.17) is 9.47 Å². The maximum absolute atomic E-state index is 13.9. The van der Waals surface area contributed by atoms with Crippen LogP contribution in [0.4, 0.5) is 4.39 Å². The van der Waals surface area contributed by atoms with E-state index < -0.39 is 0 Å². The molecule has 20 heavy (non-hydrogen) atoms. The highest BCUT2D eigenvalue weighted by Gasteiger charge is 2.21. The molecule has 0 aromatic heterocycles. The van der Waals surface area contributed by atoms with Crippen LogP contribution in [0.15, 0.2) is 24.3 Å². The molecule has 2 unspecified atom stereocenters. The van der Waals surface area contributed by atoms with Gasteiger partial charge in [0.25, 0.3) is 0 Å². The Kier molecular flexibility index (Phi) is 5.95. The third kappa shape index (κ3) is 4.54. The van der Waals surface area contributed by atoms with E-state index in [1.165, 1.54) is 6.07 Å². The quantitative estimate of drug-likeness (QED) is 0.833. The van der Waals surface area contributed by atoms with Crippen LogP contribution >= 0.6 is 0 Å². The van der Waals surface area contributed by atoms with Gasteiger partial charge in [0.1, 0.15) is 5.82 Å². The molecule has 3 nitrogen and oxygen atoms in total. The molecule has 1 fully saturated rings. The molecule has 112 valence electrons. The van der Waals surface area contributed by atoms with Crippen molar-refractivity contribution in [2.45, 2.75) is 44.9 Å². The fraction of sp³-hybridized carbons (Fsp3) is 0.625. The Hall–Kier alpha value is -0.970. The van der Waals surface area contributed by atoms with Crippen molar-refractivity contribution in [3.63, 3.8) is 0 Å². The molecule has 0 aliphatic carbocycles. The number of hydrogen-bond donors (Lipinski definition) is 1. The van der Waals surface area contributed by atoms with E-state index in [-0.39, 0.29) is 18.0 Å². The van der Waals surface area contributed by atoms with Gasteiger partial charge in [-0.25, -0.2) is 4.39 Å². The lowest BCUT2D eigenvalue weighted by molar-refractivity contribution is -0.0226. The molecule has 1 heterocycles. The second-order valence-corrected chi connectivity index (χ2v) is 5.54. The predicted molar refractivity (Wildman–Crippen MR) is 77.2 cm³/mol. The Bertz CT molecular complexity index is 405. The van der Waals surface area contributed by atoms with Crippen LogP contribution in [-0.2, 0) is 9.47 Å². The highest BCUT2D eigenvalue weighted by atomic mass is 19.1. The van der Waals surface area contributed by atoms with Gasteiger partial charge in [-0.2, -0.15) is 0 Å². The summed E-state index contributed by atoms with van der Waals surface area (Å²) >= 11 is 0. The number of ether oxygens (including phenoxy) is 2. The second-order valence-electron chi connectivity index (χ2n) is 5.54. The van der Waals surface area contributed by atoms with Gasteiger partial charge in [-0.1, -0.05) is 32.0 Å². The van der Waals surface area contributed by atoms with Crippen molar-refractivity contribution in [2.75, 3.05) is 19.8 Å². The SMILES string of the molecule is CC(C)NCC(OCC1CCCO1)c1ccccc1F. The minimum Gasteiger partial charge on any atom is -0.376 e. The zero-order valence-corrected chi connectivity index (χ0v) is 12.3. The van der Waals surface area contributed by atoms with Gasteiger partial charge in [-0.05, 0) is 18.9 Å². The molecule has 1 aromatic carbocycles. The van der Waals surface area contributed by atoms with E-state index in [0.29, 0.717) is 24.8 Å².